The molecule has 0 aromatic rings. The molecular formula is C10H22N2. The maximum atomic E-state index is 3.59. The molecule has 0 unspecified atom stereocenters. The van der Waals surface area contributed by atoms with Crippen LogP contribution in [0.1, 0.15) is 39.5 Å². The summed E-state index contributed by atoms with van der Waals surface area (Å²) in [6.45, 7) is 7.92. The molecule has 2 nitrogen and oxygen atoms in total. The van der Waals surface area contributed by atoms with Gasteiger partial charge in [0.25, 0.3) is 0 Å². The summed E-state index contributed by atoms with van der Waals surface area (Å²) in [6.07, 6.45) is 5.37. The second kappa shape index (κ2) is 4.83. The van der Waals surface area contributed by atoms with Gasteiger partial charge < -0.3 is 10.6 Å². The monoisotopic (exact) mass is 170 g/mol. The van der Waals surface area contributed by atoms with Gasteiger partial charge in [0, 0.05) is 18.6 Å². The summed E-state index contributed by atoms with van der Waals surface area (Å²) in [5, 5.41) is 6.99. The topological polar surface area (TPSA) is 24.1 Å². The van der Waals surface area contributed by atoms with E-state index in [1.165, 1.54) is 25.7 Å². The van der Waals surface area contributed by atoms with Gasteiger partial charge in [-0.25, -0.2) is 0 Å². The van der Waals surface area contributed by atoms with Crippen LogP contribution in [0.25, 0.3) is 0 Å². The molecule has 72 valence electrons. The van der Waals surface area contributed by atoms with E-state index in [2.05, 4.69) is 24.5 Å². The van der Waals surface area contributed by atoms with Crippen LogP contribution in [-0.4, -0.2) is 25.2 Å². The summed E-state index contributed by atoms with van der Waals surface area (Å²) in [6, 6.07) is 0. The third-order valence-electron chi connectivity index (χ3n) is 2.74. The zero-order chi connectivity index (χ0) is 8.86. The van der Waals surface area contributed by atoms with E-state index in [1.54, 1.807) is 0 Å². The predicted molar refractivity (Wildman–Crippen MR) is 53.4 cm³/mol. The molecule has 1 saturated carbocycles. The quantitative estimate of drug-likeness (QED) is 0.591. The Hall–Kier alpha value is -0.0800. The zero-order valence-corrected chi connectivity index (χ0v) is 8.45. The number of hydrogen-bond acceptors (Lipinski definition) is 2. The molecule has 0 heterocycles. The Kier molecular flexibility index (Phi) is 4.02. The molecule has 1 rings (SSSR count). The molecule has 0 atom stereocenters. The van der Waals surface area contributed by atoms with E-state index in [-0.39, 0.29) is 0 Å². The normalized spacial score (nSPS) is 20.5. The second-order valence-electron chi connectivity index (χ2n) is 4.09. The van der Waals surface area contributed by atoms with Gasteiger partial charge in [0.05, 0.1) is 0 Å². The van der Waals surface area contributed by atoms with Crippen molar-refractivity contribution in [3.8, 4) is 0 Å². The van der Waals surface area contributed by atoms with Gasteiger partial charge in [0.2, 0.25) is 0 Å². The molecule has 12 heavy (non-hydrogen) atoms. The molecule has 1 aliphatic rings. The predicted octanol–water partition coefficient (Wildman–Crippen LogP) is 1.52. The van der Waals surface area contributed by atoms with Crippen LogP contribution in [-0.2, 0) is 0 Å². The van der Waals surface area contributed by atoms with Crippen LogP contribution in [0.5, 0.6) is 0 Å². The molecule has 2 N–H and O–H groups in total. The summed E-state index contributed by atoms with van der Waals surface area (Å²) in [5.41, 5.74) is 0.480. The SMILES string of the molecule is CCCNCCNC1(C)CCC1. The summed E-state index contributed by atoms with van der Waals surface area (Å²) in [5.74, 6) is 0. The van der Waals surface area contributed by atoms with Crippen molar-refractivity contribution in [1.82, 2.24) is 10.6 Å². The molecule has 0 amide bonds. The Morgan fingerprint density at radius 1 is 1.17 bits per heavy atom. The van der Waals surface area contributed by atoms with Gasteiger partial charge in [-0.1, -0.05) is 6.92 Å². The molecule has 0 spiro atoms. The fourth-order valence-corrected chi connectivity index (χ4v) is 1.64. The fourth-order valence-electron chi connectivity index (χ4n) is 1.64. The van der Waals surface area contributed by atoms with Crippen molar-refractivity contribution in [2.45, 2.75) is 45.1 Å². The first kappa shape index (κ1) is 10.0. The van der Waals surface area contributed by atoms with Crippen molar-refractivity contribution in [3.05, 3.63) is 0 Å². The van der Waals surface area contributed by atoms with Gasteiger partial charge in [-0.2, -0.15) is 0 Å². The summed E-state index contributed by atoms with van der Waals surface area (Å²) >= 11 is 0. The summed E-state index contributed by atoms with van der Waals surface area (Å²) in [7, 11) is 0. The lowest BCUT2D eigenvalue weighted by molar-refractivity contribution is 0.210. The van der Waals surface area contributed by atoms with E-state index >= 15 is 0 Å². The fraction of sp³-hybridized carbons (Fsp3) is 1.00. The van der Waals surface area contributed by atoms with Crippen molar-refractivity contribution in [1.29, 1.82) is 0 Å². The minimum atomic E-state index is 0.480. The first-order valence-corrected chi connectivity index (χ1v) is 5.22. The van der Waals surface area contributed by atoms with Crippen molar-refractivity contribution in [3.63, 3.8) is 0 Å². The smallest absolute Gasteiger partial charge is 0.0153 e. The Bertz CT molecular complexity index is 119. The minimum Gasteiger partial charge on any atom is -0.315 e. The van der Waals surface area contributed by atoms with Crippen LogP contribution in [0, 0.1) is 0 Å². The van der Waals surface area contributed by atoms with E-state index in [0.29, 0.717) is 5.54 Å². The van der Waals surface area contributed by atoms with Crippen LogP contribution in [0.3, 0.4) is 0 Å². The van der Waals surface area contributed by atoms with E-state index < -0.39 is 0 Å². The van der Waals surface area contributed by atoms with Crippen LogP contribution < -0.4 is 10.6 Å². The maximum Gasteiger partial charge on any atom is 0.0153 e. The highest BCUT2D eigenvalue weighted by atomic mass is 15.0. The molecule has 1 fully saturated rings. The Labute approximate surface area is 76.1 Å². The van der Waals surface area contributed by atoms with Crippen LogP contribution in [0.15, 0.2) is 0 Å². The Morgan fingerprint density at radius 3 is 2.42 bits per heavy atom. The number of rotatable bonds is 6. The molecule has 0 aliphatic heterocycles. The second-order valence-corrected chi connectivity index (χ2v) is 4.09. The van der Waals surface area contributed by atoms with E-state index in [4.69, 9.17) is 0 Å². The average Bonchev–Trinajstić information content (AvgIpc) is 2.01. The zero-order valence-electron chi connectivity index (χ0n) is 8.45. The van der Waals surface area contributed by atoms with Crippen LogP contribution >= 0.6 is 0 Å². The van der Waals surface area contributed by atoms with E-state index in [9.17, 15) is 0 Å². The lowest BCUT2D eigenvalue weighted by atomic mass is 9.78. The van der Waals surface area contributed by atoms with E-state index in [0.717, 1.165) is 19.6 Å². The lowest BCUT2D eigenvalue weighted by Gasteiger charge is -2.39. The molecule has 2 heteroatoms. The minimum absolute atomic E-state index is 0.480. The van der Waals surface area contributed by atoms with Crippen LogP contribution in [0.2, 0.25) is 0 Å². The summed E-state index contributed by atoms with van der Waals surface area (Å²) in [4.78, 5) is 0. The first-order valence-electron chi connectivity index (χ1n) is 5.22. The highest BCUT2D eigenvalue weighted by Crippen LogP contribution is 2.30. The number of nitrogens with one attached hydrogen (secondary N) is 2. The third-order valence-corrected chi connectivity index (χ3v) is 2.74. The van der Waals surface area contributed by atoms with Gasteiger partial charge in [-0.15, -0.1) is 0 Å². The Morgan fingerprint density at radius 2 is 1.92 bits per heavy atom. The molecular weight excluding hydrogens is 148 g/mol. The number of hydrogen-bond donors (Lipinski definition) is 2. The van der Waals surface area contributed by atoms with Crippen molar-refractivity contribution in [2.75, 3.05) is 19.6 Å². The van der Waals surface area contributed by atoms with Crippen molar-refractivity contribution < 1.29 is 0 Å². The first-order chi connectivity index (χ1) is 5.77. The summed E-state index contributed by atoms with van der Waals surface area (Å²) < 4.78 is 0. The van der Waals surface area contributed by atoms with Gasteiger partial charge >= 0.3 is 0 Å². The van der Waals surface area contributed by atoms with Gasteiger partial charge in [-0.3, -0.25) is 0 Å². The van der Waals surface area contributed by atoms with Gasteiger partial charge in [0.1, 0.15) is 0 Å². The van der Waals surface area contributed by atoms with Gasteiger partial charge in [-0.05, 0) is 39.2 Å². The molecule has 0 bridgehead atoms. The lowest BCUT2D eigenvalue weighted by Crippen LogP contribution is -2.50. The highest BCUT2D eigenvalue weighted by molar-refractivity contribution is 4.91. The molecule has 0 saturated heterocycles. The molecule has 0 aromatic carbocycles. The molecule has 1 aliphatic carbocycles. The highest BCUT2D eigenvalue weighted by Gasteiger charge is 2.30. The molecule has 0 aromatic heterocycles. The molecule has 0 radical (unpaired) electrons. The maximum absolute atomic E-state index is 3.59. The van der Waals surface area contributed by atoms with Crippen LogP contribution in [0.4, 0.5) is 0 Å². The van der Waals surface area contributed by atoms with Gasteiger partial charge in [0.15, 0.2) is 0 Å². The standard InChI is InChI=1S/C10H22N2/c1-3-7-11-8-9-12-10(2)5-4-6-10/h11-12H,3-9H2,1-2H3. The third kappa shape index (κ3) is 3.11. The largest absolute Gasteiger partial charge is 0.315 e. The van der Waals surface area contributed by atoms with E-state index in [1.807, 2.05) is 0 Å². The Balaban J connectivity index is 1.88. The average molecular weight is 170 g/mol. The van der Waals surface area contributed by atoms with Crippen molar-refractivity contribution >= 4 is 0 Å². The van der Waals surface area contributed by atoms with Crippen molar-refractivity contribution in [2.24, 2.45) is 0 Å².